The molecule has 0 saturated heterocycles. The fraction of sp³-hybridized carbons (Fsp3) is 0. The first-order valence-electron chi connectivity index (χ1n) is 14.5. The second-order valence-electron chi connectivity index (χ2n) is 10.8. The molecule has 0 N–H and O–H groups in total. The minimum atomic E-state index is -2.62. The van der Waals surface area contributed by atoms with Crippen LogP contribution in [-0.2, 0) is 0 Å². The molecule has 0 saturated carbocycles. The molecule has 1 aromatic heterocycles. The monoisotopic (exact) mass is 565 g/mol. The van der Waals surface area contributed by atoms with Crippen LogP contribution in [0.1, 0.15) is 0 Å². The summed E-state index contributed by atoms with van der Waals surface area (Å²) in [5.41, 5.74) is 5.53. The molecule has 0 radical (unpaired) electrons. The molecule has 7 aromatic rings. The summed E-state index contributed by atoms with van der Waals surface area (Å²) < 4.78 is 0. The maximum absolute atomic E-state index is 5.06. The van der Waals surface area contributed by atoms with Gasteiger partial charge in [-0.05, 0) is 31.9 Å². The first-order chi connectivity index (χ1) is 21.3. The van der Waals surface area contributed by atoms with Gasteiger partial charge >= 0.3 is 0 Å². The van der Waals surface area contributed by atoms with Crippen LogP contribution < -0.4 is 20.7 Å². The molecule has 2 heterocycles. The van der Waals surface area contributed by atoms with Gasteiger partial charge in [-0.3, -0.25) is 0 Å². The molecule has 4 heteroatoms. The number of aromatic nitrogens is 3. The molecule has 0 unspecified atom stereocenters. The Labute approximate surface area is 252 Å². The highest BCUT2D eigenvalue weighted by molar-refractivity contribution is 7.22. The molecule has 0 fully saturated rings. The molecule has 3 nitrogen and oxygen atoms in total. The Morgan fingerprint density at radius 3 is 1.28 bits per heavy atom. The predicted octanol–water partition coefficient (Wildman–Crippen LogP) is 6.23. The van der Waals surface area contributed by atoms with Crippen LogP contribution in [0.5, 0.6) is 0 Å². The molecule has 1 aliphatic heterocycles. The lowest BCUT2D eigenvalue weighted by Crippen LogP contribution is -2.72. The maximum Gasteiger partial charge on any atom is 0.180 e. The molecular weight excluding hydrogens is 539 g/mol. The average Bonchev–Trinajstić information content (AvgIpc) is 3.40. The third kappa shape index (κ3) is 4.15. The van der Waals surface area contributed by atoms with E-state index in [1.165, 1.54) is 31.9 Å². The van der Waals surface area contributed by atoms with E-state index in [0.29, 0.717) is 17.5 Å². The van der Waals surface area contributed by atoms with Crippen LogP contribution >= 0.6 is 0 Å². The minimum Gasteiger partial charge on any atom is -0.208 e. The summed E-state index contributed by atoms with van der Waals surface area (Å²) in [7, 11) is -2.62. The summed E-state index contributed by atoms with van der Waals surface area (Å²) in [5, 5.41) is 5.53. The molecule has 8 rings (SSSR count). The van der Waals surface area contributed by atoms with Gasteiger partial charge in [-0.15, -0.1) is 0 Å². The Balaban J connectivity index is 1.41. The highest BCUT2D eigenvalue weighted by atomic mass is 28.3. The van der Waals surface area contributed by atoms with Crippen molar-refractivity contribution < 1.29 is 0 Å². The second-order valence-corrected chi connectivity index (χ2v) is 14.6. The number of hydrogen-bond donors (Lipinski definition) is 0. The Hall–Kier alpha value is -5.45. The van der Waals surface area contributed by atoms with Crippen molar-refractivity contribution in [1.29, 1.82) is 0 Å². The van der Waals surface area contributed by atoms with E-state index in [4.69, 9.17) is 15.0 Å². The lowest BCUT2D eigenvalue weighted by atomic mass is 10.0. The van der Waals surface area contributed by atoms with E-state index in [1.54, 1.807) is 0 Å². The summed E-state index contributed by atoms with van der Waals surface area (Å²) >= 11 is 0. The summed E-state index contributed by atoms with van der Waals surface area (Å²) in [4.78, 5) is 15.0. The van der Waals surface area contributed by atoms with Crippen molar-refractivity contribution in [3.05, 3.63) is 164 Å². The molecule has 0 spiro atoms. The lowest BCUT2D eigenvalue weighted by Gasteiger charge is -2.31. The van der Waals surface area contributed by atoms with E-state index >= 15 is 0 Å². The normalized spacial score (nSPS) is 12.8. The molecule has 1 aliphatic rings. The molecule has 0 atom stereocenters. The first kappa shape index (κ1) is 25.3. The van der Waals surface area contributed by atoms with Crippen LogP contribution in [0.2, 0.25) is 0 Å². The second kappa shape index (κ2) is 10.4. The fourth-order valence-electron chi connectivity index (χ4n) is 6.52. The third-order valence-electron chi connectivity index (χ3n) is 8.42. The number of fused-ring (bicyclic) bond motifs is 3. The van der Waals surface area contributed by atoms with Gasteiger partial charge in [0.25, 0.3) is 0 Å². The van der Waals surface area contributed by atoms with Crippen molar-refractivity contribution in [2.24, 2.45) is 0 Å². The summed E-state index contributed by atoms with van der Waals surface area (Å²) in [6.45, 7) is 0. The van der Waals surface area contributed by atoms with Gasteiger partial charge in [0.1, 0.15) is 0 Å². The third-order valence-corrected chi connectivity index (χ3v) is 13.3. The predicted molar refractivity (Wildman–Crippen MR) is 179 cm³/mol. The zero-order valence-electron chi connectivity index (χ0n) is 23.4. The Kier molecular flexibility index (Phi) is 6.13. The van der Waals surface area contributed by atoms with Crippen LogP contribution in [-0.4, -0.2) is 23.0 Å². The summed E-state index contributed by atoms with van der Waals surface area (Å²) in [6, 6.07) is 58.2. The van der Waals surface area contributed by atoms with Crippen LogP contribution in [0, 0.1) is 0 Å². The van der Waals surface area contributed by atoms with E-state index in [9.17, 15) is 0 Å². The van der Waals surface area contributed by atoms with E-state index < -0.39 is 8.07 Å². The van der Waals surface area contributed by atoms with Crippen molar-refractivity contribution in [2.75, 3.05) is 0 Å². The molecule has 0 bridgehead atoms. The maximum atomic E-state index is 5.06. The van der Waals surface area contributed by atoms with Gasteiger partial charge in [-0.25, -0.2) is 15.0 Å². The molecule has 43 heavy (non-hydrogen) atoms. The standard InChI is InChI=1S/C39H27N3Si/c1-5-15-28(16-6-1)37-40-38(29-17-7-2-8-18-29)42-39(41-37)30-25-26-34-33-23-13-14-24-35(33)43(36(34)27-30,31-19-9-3-10-20-31)32-21-11-4-12-22-32/h1-27H. The fourth-order valence-corrected chi connectivity index (χ4v) is 11.7. The van der Waals surface area contributed by atoms with E-state index in [-0.39, 0.29) is 0 Å². The van der Waals surface area contributed by atoms with Gasteiger partial charge in [0.15, 0.2) is 25.5 Å². The topological polar surface area (TPSA) is 38.7 Å². The lowest BCUT2D eigenvalue weighted by molar-refractivity contribution is 1.07. The SMILES string of the molecule is c1ccc(-c2nc(-c3ccccc3)nc(-c3ccc4c(c3)[Si](c3ccccc3)(c3ccccc3)c3ccccc3-4)n2)cc1. The summed E-state index contributed by atoms with van der Waals surface area (Å²) in [6.07, 6.45) is 0. The largest absolute Gasteiger partial charge is 0.208 e. The Morgan fingerprint density at radius 1 is 0.326 bits per heavy atom. The van der Waals surface area contributed by atoms with Crippen molar-refractivity contribution >= 4 is 28.8 Å². The van der Waals surface area contributed by atoms with Gasteiger partial charge in [0.05, 0.1) is 0 Å². The van der Waals surface area contributed by atoms with Gasteiger partial charge < -0.3 is 0 Å². The van der Waals surface area contributed by atoms with E-state index in [0.717, 1.165) is 16.7 Å². The first-order valence-corrected chi connectivity index (χ1v) is 16.5. The number of benzene rings is 6. The molecule has 0 amide bonds. The van der Waals surface area contributed by atoms with Crippen LogP contribution in [0.15, 0.2) is 164 Å². The number of nitrogens with zero attached hydrogens (tertiary/aromatic N) is 3. The molecule has 6 aromatic carbocycles. The quantitative estimate of drug-likeness (QED) is 0.232. The van der Waals surface area contributed by atoms with Crippen molar-refractivity contribution in [2.45, 2.75) is 0 Å². The van der Waals surface area contributed by atoms with Gasteiger partial charge in [-0.1, -0.05) is 164 Å². The molecule has 0 aliphatic carbocycles. The smallest absolute Gasteiger partial charge is 0.180 e. The zero-order valence-corrected chi connectivity index (χ0v) is 24.4. The van der Waals surface area contributed by atoms with Crippen LogP contribution in [0.25, 0.3) is 45.3 Å². The summed E-state index contributed by atoms with van der Waals surface area (Å²) in [5.74, 6) is 2.02. The molecule has 202 valence electrons. The highest BCUT2D eigenvalue weighted by Gasteiger charge is 2.48. The van der Waals surface area contributed by atoms with Gasteiger partial charge in [0, 0.05) is 16.7 Å². The number of hydrogen-bond acceptors (Lipinski definition) is 3. The van der Waals surface area contributed by atoms with Crippen LogP contribution in [0.4, 0.5) is 0 Å². The molecular formula is C39H27N3Si. The zero-order chi connectivity index (χ0) is 28.6. The van der Waals surface area contributed by atoms with Crippen molar-refractivity contribution in [3.8, 4) is 45.3 Å². The van der Waals surface area contributed by atoms with Gasteiger partial charge in [-0.2, -0.15) is 0 Å². The minimum absolute atomic E-state index is 0.669. The van der Waals surface area contributed by atoms with E-state index in [1.807, 2.05) is 36.4 Å². The van der Waals surface area contributed by atoms with Gasteiger partial charge in [0.2, 0.25) is 0 Å². The van der Waals surface area contributed by atoms with E-state index in [2.05, 4.69) is 127 Å². The number of rotatable bonds is 5. The Bertz CT molecular complexity index is 1960. The van der Waals surface area contributed by atoms with Crippen molar-refractivity contribution in [3.63, 3.8) is 0 Å². The van der Waals surface area contributed by atoms with Crippen LogP contribution in [0.3, 0.4) is 0 Å². The highest BCUT2D eigenvalue weighted by Crippen LogP contribution is 2.32. The average molecular weight is 566 g/mol. The Morgan fingerprint density at radius 2 is 0.744 bits per heavy atom. The van der Waals surface area contributed by atoms with Crippen molar-refractivity contribution in [1.82, 2.24) is 15.0 Å².